The van der Waals surface area contributed by atoms with Gasteiger partial charge in [-0.05, 0) is 142 Å². The van der Waals surface area contributed by atoms with Crippen molar-refractivity contribution < 1.29 is 4.42 Å². The Morgan fingerprint density at radius 1 is 0.509 bits per heavy atom. The minimum Gasteiger partial charge on any atom is -0.456 e. The first-order valence-electron chi connectivity index (χ1n) is 20.4. The van der Waals surface area contributed by atoms with Crippen molar-refractivity contribution in [2.75, 3.05) is 0 Å². The summed E-state index contributed by atoms with van der Waals surface area (Å²) in [5.41, 5.74) is 16.7. The number of hydrogen-bond donors (Lipinski definition) is 0. The SMILES string of the molecule is CC1CC2CC(C)C3(c4ccccc4-c4cc(-c5cccc6c5c5ccccc5n6-c5ccc(-c6ccc7oc8ccccc8c7c6)cc5)ccc43)C(C1)C2. The van der Waals surface area contributed by atoms with Gasteiger partial charge in [-0.1, -0.05) is 117 Å². The third kappa shape index (κ3) is 4.37. The summed E-state index contributed by atoms with van der Waals surface area (Å²) in [4.78, 5) is 0. The van der Waals surface area contributed by atoms with Crippen LogP contribution in [-0.4, -0.2) is 4.57 Å². The molecule has 9 aromatic rings. The van der Waals surface area contributed by atoms with Crippen molar-refractivity contribution in [3.8, 4) is 39.1 Å². The molecule has 3 aliphatic rings. The molecule has 2 aromatic heterocycles. The first kappa shape index (κ1) is 31.5. The molecule has 0 aliphatic heterocycles. The summed E-state index contributed by atoms with van der Waals surface area (Å²) in [5, 5.41) is 4.91. The molecular formula is C53H43NO. The molecule has 7 aromatic carbocycles. The van der Waals surface area contributed by atoms with Gasteiger partial charge in [0.25, 0.3) is 0 Å². The molecule has 0 saturated heterocycles. The third-order valence-electron chi connectivity index (χ3n) is 14.1. The molecule has 55 heavy (non-hydrogen) atoms. The van der Waals surface area contributed by atoms with Crippen molar-refractivity contribution in [2.45, 2.75) is 44.9 Å². The second-order valence-electron chi connectivity index (χ2n) is 17.1. The fourth-order valence-corrected chi connectivity index (χ4v) is 12.1. The van der Waals surface area contributed by atoms with E-state index >= 15 is 0 Å². The Bertz CT molecular complexity index is 2990. The molecule has 2 heteroatoms. The van der Waals surface area contributed by atoms with Crippen LogP contribution in [0.4, 0.5) is 0 Å². The van der Waals surface area contributed by atoms with Crippen LogP contribution in [0.3, 0.4) is 0 Å². The lowest BCUT2D eigenvalue weighted by molar-refractivity contribution is 0.0426. The van der Waals surface area contributed by atoms with E-state index in [1.165, 1.54) is 80.9 Å². The van der Waals surface area contributed by atoms with Crippen LogP contribution in [0.15, 0.2) is 156 Å². The molecule has 3 aliphatic carbocycles. The minimum atomic E-state index is 0.113. The Morgan fingerprint density at radius 3 is 2.13 bits per heavy atom. The molecule has 0 N–H and O–H groups in total. The zero-order valence-electron chi connectivity index (χ0n) is 31.4. The van der Waals surface area contributed by atoms with Crippen molar-refractivity contribution in [1.29, 1.82) is 0 Å². The Balaban J connectivity index is 0.989. The highest BCUT2D eigenvalue weighted by molar-refractivity contribution is 6.16. The molecule has 2 nitrogen and oxygen atoms in total. The first-order valence-corrected chi connectivity index (χ1v) is 20.4. The van der Waals surface area contributed by atoms with Crippen molar-refractivity contribution in [2.24, 2.45) is 23.7 Å². The van der Waals surface area contributed by atoms with E-state index in [4.69, 9.17) is 4.42 Å². The van der Waals surface area contributed by atoms with Crippen molar-refractivity contribution in [3.63, 3.8) is 0 Å². The second-order valence-corrected chi connectivity index (χ2v) is 17.1. The molecule has 266 valence electrons. The smallest absolute Gasteiger partial charge is 0.135 e. The lowest BCUT2D eigenvalue weighted by Crippen LogP contribution is -2.49. The average Bonchev–Trinajstić information content (AvgIpc) is 3.86. The van der Waals surface area contributed by atoms with Crippen LogP contribution in [0.25, 0.3) is 82.8 Å². The van der Waals surface area contributed by atoms with Crippen LogP contribution in [0.5, 0.6) is 0 Å². The summed E-state index contributed by atoms with van der Waals surface area (Å²) in [6.45, 7) is 5.07. The monoisotopic (exact) mass is 709 g/mol. The standard InChI is InChI=1S/C53H43NO/c1-32-26-34-28-33(2)53(38(27-32)29-34)46-14-6-3-10-41(46)44-31-37(20-24-47(44)53)40-13-9-16-49-52(40)43-12-4-7-15-48(43)54(49)39-22-18-35(19-23-39)36-21-25-51-45(30-36)42-11-5-8-17-50(42)55-51/h3-25,30-34,38H,26-29H2,1-2H3. The Hall–Kier alpha value is -5.86. The predicted octanol–water partition coefficient (Wildman–Crippen LogP) is 14.4. The number of rotatable bonds is 3. The van der Waals surface area contributed by atoms with Gasteiger partial charge < -0.3 is 8.98 Å². The van der Waals surface area contributed by atoms with Crippen LogP contribution in [0, 0.1) is 23.7 Å². The van der Waals surface area contributed by atoms with Gasteiger partial charge in [-0.3, -0.25) is 0 Å². The fraction of sp³-hybridized carbons (Fsp3) is 0.208. The Morgan fingerprint density at radius 2 is 1.22 bits per heavy atom. The summed E-state index contributed by atoms with van der Waals surface area (Å²) < 4.78 is 8.57. The number of para-hydroxylation sites is 2. The first-order chi connectivity index (χ1) is 27.1. The molecule has 2 fully saturated rings. The zero-order chi connectivity index (χ0) is 36.4. The maximum atomic E-state index is 6.12. The maximum absolute atomic E-state index is 6.12. The van der Waals surface area contributed by atoms with E-state index in [9.17, 15) is 0 Å². The highest BCUT2D eigenvalue weighted by atomic mass is 16.3. The third-order valence-corrected chi connectivity index (χ3v) is 14.1. The van der Waals surface area contributed by atoms with Crippen LogP contribution < -0.4 is 0 Å². The number of hydrogen-bond acceptors (Lipinski definition) is 1. The molecular weight excluding hydrogens is 667 g/mol. The summed E-state index contributed by atoms with van der Waals surface area (Å²) in [7, 11) is 0. The van der Waals surface area contributed by atoms with Crippen LogP contribution in [0.2, 0.25) is 0 Å². The van der Waals surface area contributed by atoms with Gasteiger partial charge in [0.05, 0.1) is 11.0 Å². The van der Waals surface area contributed by atoms with Crippen molar-refractivity contribution in [3.05, 3.63) is 163 Å². The minimum absolute atomic E-state index is 0.113. The molecule has 2 saturated carbocycles. The van der Waals surface area contributed by atoms with Crippen LogP contribution in [0.1, 0.15) is 50.7 Å². The molecule has 12 rings (SSSR count). The fourth-order valence-electron chi connectivity index (χ4n) is 12.1. The summed E-state index contributed by atoms with van der Waals surface area (Å²) >= 11 is 0. The number of furan rings is 1. The molecule has 5 unspecified atom stereocenters. The van der Waals surface area contributed by atoms with Crippen molar-refractivity contribution >= 4 is 43.7 Å². The highest BCUT2D eigenvalue weighted by Gasteiger charge is 2.56. The maximum Gasteiger partial charge on any atom is 0.135 e. The van der Waals surface area contributed by atoms with E-state index in [0.29, 0.717) is 11.8 Å². The van der Waals surface area contributed by atoms with Crippen molar-refractivity contribution in [1.82, 2.24) is 4.57 Å². The quantitative estimate of drug-likeness (QED) is 0.179. The highest BCUT2D eigenvalue weighted by Crippen LogP contribution is 2.64. The van der Waals surface area contributed by atoms with Gasteiger partial charge in [0.1, 0.15) is 11.2 Å². The van der Waals surface area contributed by atoms with E-state index in [2.05, 4.69) is 158 Å². The molecule has 0 amide bonds. The van der Waals surface area contributed by atoms with Gasteiger partial charge in [0.2, 0.25) is 0 Å². The molecule has 1 spiro atoms. The molecule has 2 heterocycles. The molecule has 0 radical (unpaired) electrons. The van der Waals surface area contributed by atoms with E-state index in [1.54, 1.807) is 11.1 Å². The van der Waals surface area contributed by atoms with E-state index < -0.39 is 0 Å². The normalized spacial score (nSPS) is 22.9. The summed E-state index contributed by atoms with van der Waals surface area (Å²) in [6.07, 6.45) is 5.47. The molecule has 5 atom stereocenters. The number of aromatic nitrogens is 1. The predicted molar refractivity (Wildman–Crippen MR) is 229 cm³/mol. The van der Waals surface area contributed by atoms with Gasteiger partial charge in [0.15, 0.2) is 0 Å². The molecule has 2 bridgehead atoms. The van der Waals surface area contributed by atoms with E-state index in [0.717, 1.165) is 39.5 Å². The van der Waals surface area contributed by atoms with E-state index in [1.807, 2.05) is 12.1 Å². The summed E-state index contributed by atoms with van der Waals surface area (Å²) in [6, 6.07) is 56.7. The Labute approximate surface area is 322 Å². The largest absolute Gasteiger partial charge is 0.456 e. The lowest BCUT2D eigenvalue weighted by Gasteiger charge is -2.54. The average molecular weight is 710 g/mol. The lowest BCUT2D eigenvalue weighted by atomic mass is 9.49. The van der Waals surface area contributed by atoms with Crippen LogP contribution in [-0.2, 0) is 5.41 Å². The van der Waals surface area contributed by atoms with Gasteiger partial charge >= 0.3 is 0 Å². The number of benzene rings is 7. The topological polar surface area (TPSA) is 18.1 Å². The van der Waals surface area contributed by atoms with Gasteiger partial charge in [-0.25, -0.2) is 0 Å². The zero-order valence-corrected chi connectivity index (χ0v) is 31.4. The van der Waals surface area contributed by atoms with Crippen LogP contribution >= 0.6 is 0 Å². The number of fused-ring (bicyclic) bond motifs is 14. The van der Waals surface area contributed by atoms with Gasteiger partial charge in [0, 0.05) is 32.6 Å². The van der Waals surface area contributed by atoms with E-state index in [-0.39, 0.29) is 5.41 Å². The summed E-state index contributed by atoms with van der Waals surface area (Å²) in [5.74, 6) is 3.03. The number of nitrogens with zero attached hydrogens (tertiary/aromatic N) is 1. The second kappa shape index (κ2) is 11.6. The Kier molecular flexibility index (Phi) is 6.63. The van der Waals surface area contributed by atoms with Gasteiger partial charge in [-0.15, -0.1) is 0 Å². The van der Waals surface area contributed by atoms with Gasteiger partial charge in [-0.2, -0.15) is 0 Å².